The first-order valence-electron chi connectivity index (χ1n) is 5.06. The fraction of sp³-hybridized carbons (Fsp3) is 0.364. The lowest BCUT2D eigenvalue weighted by Gasteiger charge is -2.26. The molecule has 1 amide bonds. The number of nitrogens with zero attached hydrogens (tertiary/aromatic N) is 1. The molecule has 2 rings (SSSR count). The van der Waals surface area contributed by atoms with Gasteiger partial charge in [0, 0.05) is 44.5 Å². The predicted molar refractivity (Wildman–Crippen MR) is 72.9 cm³/mol. The maximum absolute atomic E-state index is 12.0. The third-order valence-electron chi connectivity index (χ3n) is 2.56. The van der Waals surface area contributed by atoms with Crippen LogP contribution in [0, 0.1) is 3.57 Å². The molecule has 1 aromatic rings. The molecule has 0 N–H and O–H groups in total. The van der Waals surface area contributed by atoms with E-state index in [-0.39, 0.29) is 5.91 Å². The lowest BCUT2D eigenvalue weighted by atomic mass is 10.2. The molecular weight excluding hydrogens is 337 g/mol. The van der Waals surface area contributed by atoms with E-state index in [1.807, 2.05) is 24.3 Å². The third kappa shape index (κ3) is 2.82. The van der Waals surface area contributed by atoms with Gasteiger partial charge in [0.1, 0.15) is 0 Å². The minimum Gasteiger partial charge on any atom is -0.337 e. The molecule has 1 saturated heterocycles. The highest BCUT2D eigenvalue weighted by Gasteiger charge is 2.20. The number of amides is 1. The number of carbonyl (C=O) groups excluding carboxylic acids is 1. The van der Waals surface area contributed by atoms with Crippen LogP contribution in [0.5, 0.6) is 0 Å². The van der Waals surface area contributed by atoms with Gasteiger partial charge in [0.05, 0.1) is 0 Å². The zero-order valence-electron chi connectivity index (χ0n) is 8.69. The summed E-state index contributed by atoms with van der Waals surface area (Å²) < 4.78 is 12.3. The van der Waals surface area contributed by atoms with E-state index in [1.165, 1.54) is 0 Å². The Balaban J connectivity index is 2.07. The van der Waals surface area contributed by atoms with E-state index in [0.717, 1.165) is 3.57 Å². The molecule has 0 aliphatic carbocycles. The molecule has 0 unspecified atom stereocenters. The Morgan fingerprint density at radius 1 is 1.19 bits per heavy atom. The molecule has 0 spiro atoms. The van der Waals surface area contributed by atoms with Crippen molar-refractivity contribution in [3.63, 3.8) is 0 Å². The highest BCUT2D eigenvalue weighted by atomic mass is 127. The van der Waals surface area contributed by atoms with Crippen molar-refractivity contribution in [3.05, 3.63) is 33.4 Å². The van der Waals surface area contributed by atoms with Gasteiger partial charge in [0.25, 0.3) is 5.91 Å². The van der Waals surface area contributed by atoms with Crippen LogP contribution in [0.1, 0.15) is 10.4 Å². The smallest absolute Gasteiger partial charge is 0.253 e. The number of rotatable bonds is 1. The first kappa shape index (κ1) is 12.0. The average Bonchev–Trinajstić information content (AvgIpc) is 2.30. The van der Waals surface area contributed by atoms with Crippen LogP contribution in [0.15, 0.2) is 24.3 Å². The van der Waals surface area contributed by atoms with Gasteiger partial charge < -0.3 is 4.90 Å². The molecule has 1 aliphatic rings. The predicted octanol–water partition coefficient (Wildman–Crippen LogP) is 1.50. The van der Waals surface area contributed by atoms with Gasteiger partial charge >= 0.3 is 0 Å². The van der Waals surface area contributed by atoms with Gasteiger partial charge in [0.15, 0.2) is 0 Å². The van der Waals surface area contributed by atoms with Crippen LogP contribution in [0.4, 0.5) is 0 Å². The van der Waals surface area contributed by atoms with Crippen LogP contribution >= 0.6 is 22.6 Å². The molecule has 0 atom stereocenters. The van der Waals surface area contributed by atoms with Gasteiger partial charge in [-0.2, -0.15) is 0 Å². The maximum Gasteiger partial charge on any atom is 0.253 e. The third-order valence-corrected chi connectivity index (χ3v) is 4.55. The van der Waals surface area contributed by atoms with E-state index >= 15 is 0 Å². The highest BCUT2D eigenvalue weighted by Crippen LogP contribution is 2.11. The molecule has 5 heteroatoms. The monoisotopic (exact) mass is 349 g/mol. The summed E-state index contributed by atoms with van der Waals surface area (Å²) in [5.74, 6) is 1.26. The average molecular weight is 349 g/mol. The Hall–Kier alpha value is -0.430. The second-order valence-electron chi connectivity index (χ2n) is 3.65. The highest BCUT2D eigenvalue weighted by molar-refractivity contribution is 14.1. The van der Waals surface area contributed by atoms with Crippen LogP contribution in [-0.4, -0.2) is 39.6 Å². The van der Waals surface area contributed by atoms with Gasteiger partial charge in [-0.05, 0) is 46.9 Å². The van der Waals surface area contributed by atoms with Crippen molar-refractivity contribution in [2.24, 2.45) is 0 Å². The zero-order valence-corrected chi connectivity index (χ0v) is 11.7. The molecule has 16 heavy (non-hydrogen) atoms. The molecule has 0 radical (unpaired) electrons. The fourth-order valence-electron chi connectivity index (χ4n) is 1.62. The topological polar surface area (TPSA) is 37.4 Å². The Morgan fingerprint density at radius 3 is 2.31 bits per heavy atom. The summed E-state index contributed by atoms with van der Waals surface area (Å²) >= 11 is 2.21. The lowest BCUT2D eigenvalue weighted by molar-refractivity contribution is 0.0771. The molecule has 0 aromatic heterocycles. The van der Waals surface area contributed by atoms with Gasteiger partial charge in [-0.25, -0.2) is 0 Å². The molecular formula is C11H12INO2S. The lowest BCUT2D eigenvalue weighted by Crippen LogP contribution is -2.41. The summed E-state index contributed by atoms with van der Waals surface area (Å²) in [5.41, 5.74) is 0.716. The number of hydrogen-bond acceptors (Lipinski definition) is 2. The van der Waals surface area contributed by atoms with Crippen molar-refractivity contribution in [1.82, 2.24) is 4.90 Å². The Morgan fingerprint density at radius 2 is 1.75 bits per heavy atom. The SMILES string of the molecule is O=C(c1ccc(I)cc1)N1CCS(=O)CC1. The largest absolute Gasteiger partial charge is 0.337 e. The van der Waals surface area contributed by atoms with Crippen molar-refractivity contribution < 1.29 is 9.00 Å². The molecule has 86 valence electrons. The van der Waals surface area contributed by atoms with E-state index < -0.39 is 10.8 Å². The number of benzene rings is 1. The first-order chi connectivity index (χ1) is 7.66. The quantitative estimate of drug-likeness (QED) is 0.721. The first-order valence-corrected chi connectivity index (χ1v) is 7.63. The Kier molecular flexibility index (Phi) is 3.96. The fourth-order valence-corrected chi connectivity index (χ4v) is 3.03. The van der Waals surface area contributed by atoms with Crippen LogP contribution in [0.3, 0.4) is 0 Å². The second-order valence-corrected chi connectivity index (χ2v) is 6.59. The van der Waals surface area contributed by atoms with Crippen molar-refractivity contribution in [2.75, 3.05) is 24.6 Å². The van der Waals surface area contributed by atoms with Crippen molar-refractivity contribution in [1.29, 1.82) is 0 Å². The van der Waals surface area contributed by atoms with E-state index in [1.54, 1.807) is 4.90 Å². The summed E-state index contributed by atoms with van der Waals surface area (Å²) in [5, 5.41) is 0. The molecule has 1 aliphatic heterocycles. The van der Waals surface area contributed by atoms with Crippen LogP contribution in [-0.2, 0) is 10.8 Å². The minimum absolute atomic E-state index is 0.0492. The molecule has 1 fully saturated rings. The standard InChI is InChI=1S/C11H12INO2S/c12-10-3-1-9(2-4-10)11(14)13-5-7-16(15)8-6-13/h1-4H,5-8H2. The number of halogens is 1. The van der Waals surface area contributed by atoms with Crippen LogP contribution in [0.25, 0.3) is 0 Å². The van der Waals surface area contributed by atoms with Gasteiger partial charge in [-0.1, -0.05) is 0 Å². The van der Waals surface area contributed by atoms with Gasteiger partial charge in [-0.15, -0.1) is 0 Å². The van der Waals surface area contributed by atoms with E-state index in [9.17, 15) is 9.00 Å². The zero-order chi connectivity index (χ0) is 11.5. The summed E-state index contributed by atoms with van der Waals surface area (Å²) in [6.07, 6.45) is 0. The number of carbonyl (C=O) groups is 1. The summed E-state index contributed by atoms with van der Waals surface area (Å²) in [6.45, 7) is 1.22. The normalized spacial score (nSPS) is 17.4. The van der Waals surface area contributed by atoms with E-state index in [4.69, 9.17) is 0 Å². The van der Waals surface area contributed by atoms with E-state index in [0.29, 0.717) is 30.2 Å². The van der Waals surface area contributed by atoms with Crippen LogP contribution in [0.2, 0.25) is 0 Å². The summed E-state index contributed by atoms with van der Waals surface area (Å²) in [4.78, 5) is 13.8. The second kappa shape index (κ2) is 5.27. The van der Waals surface area contributed by atoms with Crippen molar-refractivity contribution in [3.8, 4) is 0 Å². The van der Waals surface area contributed by atoms with Gasteiger partial charge in [-0.3, -0.25) is 9.00 Å². The van der Waals surface area contributed by atoms with Crippen LogP contribution < -0.4 is 0 Å². The molecule has 1 heterocycles. The van der Waals surface area contributed by atoms with Crippen molar-refractivity contribution in [2.45, 2.75) is 0 Å². The van der Waals surface area contributed by atoms with Gasteiger partial charge in [0.2, 0.25) is 0 Å². The molecule has 0 bridgehead atoms. The summed E-state index contributed by atoms with van der Waals surface area (Å²) in [6, 6.07) is 7.54. The molecule has 3 nitrogen and oxygen atoms in total. The number of hydrogen-bond donors (Lipinski definition) is 0. The summed E-state index contributed by atoms with van der Waals surface area (Å²) in [7, 11) is -0.733. The Bertz CT molecular complexity index is 408. The molecule has 1 aromatic carbocycles. The van der Waals surface area contributed by atoms with Crippen molar-refractivity contribution >= 4 is 39.3 Å². The Labute approximate surface area is 111 Å². The molecule has 0 saturated carbocycles. The minimum atomic E-state index is -0.733. The van der Waals surface area contributed by atoms with E-state index in [2.05, 4.69) is 22.6 Å². The maximum atomic E-state index is 12.0.